The van der Waals surface area contributed by atoms with Crippen molar-refractivity contribution in [3.63, 3.8) is 0 Å². The predicted octanol–water partition coefficient (Wildman–Crippen LogP) is 4.79. The minimum absolute atomic E-state index is 0.0640. The molecule has 1 aromatic carbocycles. The Kier molecular flexibility index (Phi) is 7.22. The van der Waals surface area contributed by atoms with E-state index in [0.29, 0.717) is 11.3 Å². The van der Waals surface area contributed by atoms with E-state index in [2.05, 4.69) is 31.0 Å². The summed E-state index contributed by atoms with van der Waals surface area (Å²) in [5, 5.41) is 3.24. The fourth-order valence-electron chi connectivity index (χ4n) is 3.92. The van der Waals surface area contributed by atoms with Crippen LogP contribution in [0.15, 0.2) is 24.3 Å². The van der Waals surface area contributed by atoms with E-state index in [1.807, 2.05) is 14.1 Å². The lowest BCUT2D eigenvalue weighted by Crippen LogP contribution is -2.38. The molecule has 1 aromatic rings. The first-order chi connectivity index (χ1) is 12.2. The Morgan fingerprint density at radius 3 is 2.23 bits per heavy atom. The number of benzene rings is 1. The first-order valence-electron chi connectivity index (χ1n) is 9.87. The lowest BCUT2D eigenvalue weighted by Gasteiger charge is -2.37. The predicted molar refractivity (Wildman–Crippen MR) is 105 cm³/mol. The van der Waals surface area contributed by atoms with Crippen LogP contribution in [-0.4, -0.2) is 31.4 Å². The van der Waals surface area contributed by atoms with Crippen molar-refractivity contribution in [2.45, 2.75) is 58.9 Å². The van der Waals surface area contributed by atoms with Crippen molar-refractivity contribution >= 4 is 5.91 Å². The highest BCUT2D eigenvalue weighted by Gasteiger charge is 2.33. The molecule has 146 valence electrons. The number of hydrogen-bond donors (Lipinski definition) is 1. The van der Waals surface area contributed by atoms with Gasteiger partial charge in [-0.25, -0.2) is 4.39 Å². The van der Waals surface area contributed by atoms with Gasteiger partial charge in [-0.05, 0) is 81.8 Å². The summed E-state index contributed by atoms with van der Waals surface area (Å²) in [6.07, 6.45) is 5.01. The molecule has 0 saturated heterocycles. The van der Waals surface area contributed by atoms with E-state index in [-0.39, 0.29) is 23.7 Å². The van der Waals surface area contributed by atoms with Gasteiger partial charge in [0.05, 0.1) is 6.04 Å². The first kappa shape index (κ1) is 20.9. The Labute approximate surface area is 158 Å². The summed E-state index contributed by atoms with van der Waals surface area (Å²) in [6, 6.07) is 6.45. The normalized spacial score (nSPS) is 22.3. The average Bonchev–Trinajstić information content (AvgIpc) is 2.58. The van der Waals surface area contributed by atoms with E-state index in [1.165, 1.54) is 12.1 Å². The number of rotatable bonds is 6. The van der Waals surface area contributed by atoms with Gasteiger partial charge in [-0.2, -0.15) is 0 Å². The van der Waals surface area contributed by atoms with E-state index in [4.69, 9.17) is 0 Å². The number of halogens is 1. The molecule has 0 heterocycles. The van der Waals surface area contributed by atoms with Crippen LogP contribution >= 0.6 is 0 Å². The molecule has 1 atom stereocenters. The Hall–Kier alpha value is -1.42. The minimum Gasteiger partial charge on any atom is -0.349 e. The standard InChI is InChI=1S/C22H35FN2O/c1-22(2,3)18-10-6-17(7-11-18)21(26)24-20(14-15-25(4)5)16-8-12-19(23)13-9-16/h8-9,12-13,17-18,20H,6-7,10-11,14-15H2,1-5H3,(H,24,26). The molecule has 0 aliphatic heterocycles. The second kappa shape index (κ2) is 8.98. The molecule has 3 nitrogen and oxygen atoms in total. The Balaban J connectivity index is 1.98. The van der Waals surface area contributed by atoms with Crippen molar-refractivity contribution in [3.05, 3.63) is 35.6 Å². The molecular formula is C22H35FN2O. The molecule has 26 heavy (non-hydrogen) atoms. The SMILES string of the molecule is CN(C)CCC(NC(=O)C1CCC(C(C)(C)C)CC1)c1ccc(F)cc1. The van der Waals surface area contributed by atoms with Crippen LogP contribution in [-0.2, 0) is 4.79 Å². The van der Waals surface area contributed by atoms with E-state index in [0.717, 1.165) is 44.2 Å². The second-order valence-corrected chi connectivity index (χ2v) is 9.12. The average molecular weight is 363 g/mol. The maximum Gasteiger partial charge on any atom is 0.223 e. The first-order valence-corrected chi connectivity index (χ1v) is 9.87. The summed E-state index contributed by atoms with van der Waals surface area (Å²) in [5.41, 5.74) is 1.30. The number of carbonyl (C=O) groups excluding carboxylic acids is 1. The highest BCUT2D eigenvalue weighted by molar-refractivity contribution is 5.79. The largest absolute Gasteiger partial charge is 0.349 e. The van der Waals surface area contributed by atoms with Crippen LogP contribution in [0.5, 0.6) is 0 Å². The van der Waals surface area contributed by atoms with Gasteiger partial charge in [-0.3, -0.25) is 4.79 Å². The molecule has 1 saturated carbocycles. The number of hydrogen-bond acceptors (Lipinski definition) is 2. The van der Waals surface area contributed by atoms with Gasteiger partial charge in [0.2, 0.25) is 5.91 Å². The maximum atomic E-state index is 13.3. The van der Waals surface area contributed by atoms with Crippen LogP contribution in [0.1, 0.15) is 64.5 Å². The minimum atomic E-state index is -0.244. The smallest absolute Gasteiger partial charge is 0.223 e. The van der Waals surface area contributed by atoms with Gasteiger partial charge >= 0.3 is 0 Å². The molecule has 2 rings (SSSR count). The summed E-state index contributed by atoms with van der Waals surface area (Å²) >= 11 is 0. The summed E-state index contributed by atoms with van der Waals surface area (Å²) in [6.45, 7) is 7.76. The molecule has 1 N–H and O–H groups in total. The van der Waals surface area contributed by atoms with Crippen molar-refractivity contribution in [2.24, 2.45) is 17.3 Å². The van der Waals surface area contributed by atoms with Crippen molar-refractivity contribution in [1.82, 2.24) is 10.2 Å². The molecule has 4 heteroatoms. The number of nitrogens with one attached hydrogen (secondary N) is 1. The summed E-state index contributed by atoms with van der Waals surface area (Å²) in [4.78, 5) is 15.0. The topological polar surface area (TPSA) is 32.3 Å². The van der Waals surface area contributed by atoms with Gasteiger partial charge in [-0.1, -0.05) is 32.9 Å². The molecule has 0 spiro atoms. The third kappa shape index (κ3) is 6.08. The molecule has 0 bridgehead atoms. The molecule has 1 aliphatic carbocycles. The van der Waals surface area contributed by atoms with Crippen molar-refractivity contribution < 1.29 is 9.18 Å². The quantitative estimate of drug-likeness (QED) is 0.789. The van der Waals surface area contributed by atoms with Crippen LogP contribution in [0.4, 0.5) is 4.39 Å². The lowest BCUT2D eigenvalue weighted by molar-refractivity contribution is -0.127. The van der Waals surface area contributed by atoms with Gasteiger partial charge < -0.3 is 10.2 Å². The second-order valence-electron chi connectivity index (χ2n) is 9.12. The highest BCUT2D eigenvalue weighted by atomic mass is 19.1. The fraction of sp³-hybridized carbons (Fsp3) is 0.682. The van der Waals surface area contributed by atoms with E-state index < -0.39 is 0 Å². The van der Waals surface area contributed by atoms with Gasteiger partial charge in [-0.15, -0.1) is 0 Å². The third-order valence-electron chi connectivity index (χ3n) is 5.78. The fourth-order valence-corrected chi connectivity index (χ4v) is 3.92. The van der Waals surface area contributed by atoms with Gasteiger partial charge in [0.15, 0.2) is 0 Å². The molecular weight excluding hydrogens is 327 g/mol. The Bertz CT molecular complexity index is 569. The maximum absolute atomic E-state index is 13.3. The van der Waals surface area contributed by atoms with Crippen molar-refractivity contribution in [2.75, 3.05) is 20.6 Å². The third-order valence-corrected chi connectivity index (χ3v) is 5.78. The van der Waals surface area contributed by atoms with Crippen LogP contribution in [0.2, 0.25) is 0 Å². The highest BCUT2D eigenvalue weighted by Crippen LogP contribution is 2.40. The molecule has 1 unspecified atom stereocenters. The summed E-state index contributed by atoms with van der Waals surface area (Å²) in [5.74, 6) is 0.724. The lowest BCUT2D eigenvalue weighted by atomic mass is 9.69. The molecule has 1 aliphatic rings. The molecule has 1 fully saturated rings. The zero-order valence-electron chi connectivity index (χ0n) is 17.0. The zero-order valence-corrected chi connectivity index (χ0v) is 17.0. The Morgan fingerprint density at radius 2 is 1.73 bits per heavy atom. The monoisotopic (exact) mass is 362 g/mol. The summed E-state index contributed by atoms with van der Waals surface area (Å²) < 4.78 is 13.3. The van der Waals surface area contributed by atoms with E-state index >= 15 is 0 Å². The van der Waals surface area contributed by atoms with E-state index in [1.54, 1.807) is 12.1 Å². The van der Waals surface area contributed by atoms with Crippen LogP contribution < -0.4 is 5.32 Å². The van der Waals surface area contributed by atoms with Crippen molar-refractivity contribution in [1.29, 1.82) is 0 Å². The summed E-state index contributed by atoms with van der Waals surface area (Å²) in [7, 11) is 4.05. The molecule has 0 aromatic heterocycles. The van der Waals surface area contributed by atoms with Crippen LogP contribution in [0, 0.1) is 23.1 Å². The molecule has 1 amide bonds. The number of nitrogens with zero attached hydrogens (tertiary/aromatic N) is 1. The molecule has 0 radical (unpaired) electrons. The van der Waals surface area contributed by atoms with Gasteiger partial charge in [0.25, 0.3) is 0 Å². The number of amides is 1. The Morgan fingerprint density at radius 1 is 1.15 bits per heavy atom. The van der Waals surface area contributed by atoms with E-state index in [9.17, 15) is 9.18 Å². The zero-order chi connectivity index (χ0) is 19.3. The van der Waals surface area contributed by atoms with Gasteiger partial charge in [0.1, 0.15) is 5.82 Å². The van der Waals surface area contributed by atoms with Crippen molar-refractivity contribution in [3.8, 4) is 0 Å². The van der Waals surface area contributed by atoms with Crippen LogP contribution in [0.3, 0.4) is 0 Å². The van der Waals surface area contributed by atoms with Gasteiger partial charge in [0, 0.05) is 5.92 Å². The van der Waals surface area contributed by atoms with Crippen LogP contribution in [0.25, 0.3) is 0 Å². The number of carbonyl (C=O) groups is 1.